The number of halogens is 1. The number of hydrogen-bond acceptors (Lipinski definition) is 6. The fraction of sp³-hybridized carbons (Fsp3) is 0.500. The van der Waals surface area contributed by atoms with Crippen LogP contribution in [0.3, 0.4) is 0 Å². The summed E-state index contributed by atoms with van der Waals surface area (Å²) in [5, 5.41) is 14.7. The number of anilines is 1. The van der Waals surface area contributed by atoms with E-state index in [4.69, 9.17) is 16.3 Å². The number of hydrogen-bond donors (Lipinski definition) is 3. The summed E-state index contributed by atoms with van der Waals surface area (Å²) in [5.41, 5.74) is 3.31. The van der Waals surface area contributed by atoms with Gasteiger partial charge in [-0.15, -0.1) is 0 Å². The topological polar surface area (TPSA) is 90.9 Å². The minimum atomic E-state index is -1.71. The molecule has 2 aliphatic rings. The Kier molecular flexibility index (Phi) is 10.5. The molecule has 0 aromatic heterocycles. The fourth-order valence-corrected chi connectivity index (χ4v) is 6.41. The Labute approximate surface area is 239 Å². The van der Waals surface area contributed by atoms with E-state index in [-0.39, 0.29) is 17.7 Å². The number of nitrogens with one attached hydrogen (secondary N) is 2. The van der Waals surface area contributed by atoms with Gasteiger partial charge < -0.3 is 20.1 Å². The highest BCUT2D eigenvalue weighted by atomic mass is 35.5. The molecule has 0 spiro atoms. The minimum Gasteiger partial charge on any atom is -0.491 e. The second kappa shape index (κ2) is 13.8. The Morgan fingerprint density at radius 2 is 2.03 bits per heavy atom. The van der Waals surface area contributed by atoms with E-state index in [0.717, 1.165) is 42.1 Å². The molecule has 0 radical (unpaired) electrons. The zero-order valence-electron chi connectivity index (χ0n) is 23.0. The molecule has 2 aromatic carbocycles. The molecule has 5 unspecified atom stereocenters. The maximum Gasteiger partial charge on any atom is 0.248 e. The van der Waals surface area contributed by atoms with Crippen molar-refractivity contribution in [2.75, 3.05) is 31.1 Å². The van der Waals surface area contributed by atoms with Gasteiger partial charge in [-0.05, 0) is 67.1 Å². The molecule has 9 heteroatoms. The molecule has 4 rings (SSSR count). The number of aliphatic hydroxyl groups excluding tert-OH is 1. The summed E-state index contributed by atoms with van der Waals surface area (Å²) >= 11 is 6.35. The van der Waals surface area contributed by atoms with Crippen LogP contribution in [0.25, 0.3) is 0 Å². The number of fused-ring (bicyclic) bond motifs is 1. The van der Waals surface area contributed by atoms with E-state index in [0.29, 0.717) is 31.1 Å². The standard InChI is InChI=1S/C30H40ClN3O4S/c1-4-7-22-16-24(31)9-11-26(22)23-18-34-15-13-21(5-2)28(35)8-6-14-32-20(3)30(36)33-39(37)25-10-12-29(38-19-23)27(34)17-25/h6,8-12,16-17,20-21,23,28,32,35H,4-5,7,13-15,18-19H2,1-3H3,(H,33,36)/b8-6+. The predicted molar refractivity (Wildman–Crippen MR) is 158 cm³/mol. The van der Waals surface area contributed by atoms with E-state index in [1.54, 1.807) is 19.1 Å². The summed E-state index contributed by atoms with van der Waals surface area (Å²) < 4.78 is 22.1. The summed E-state index contributed by atoms with van der Waals surface area (Å²) in [6.07, 6.45) is 6.64. The number of carbonyl (C=O) groups is 1. The molecule has 39 heavy (non-hydrogen) atoms. The van der Waals surface area contributed by atoms with Crippen LogP contribution in [0, 0.1) is 5.92 Å². The van der Waals surface area contributed by atoms with Crippen LogP contribution >= 0.6 is 11.6 Å². The Hall–Kier alpha value is -2.39. The molecule has 2 bridgehead atoms. The number of nitrogens with zero attached hydrogens (tertiary/aromatic N) is 1. The smallest absolute Gasteiger partial charge is 0.248 e. The molecule has 2 aliphatic heterocycles. The van der Waals surface area contributed by atoms with Gasteiger partial charge in [0.05, 0.1) is 29.3 Å². The quantitative estimate of drug-likeness (QED) is 0.458. The molecule has 2 aromatic rings. The van der Waals surface area contributed by atoms with E-state index in [1.807, 2.05) is 24.3 Å². The van der Waals surface area contributed by atoms with Gasteiger partial charge in [0.25, 0.3) is 0 Å². The van der Waals surface area contributed by atoms with E-state index < -0.39 is 23.1 Å². The Morgan fingerprint density at radius 3 is 2.79 bits per heavy atom. The molecule has 0 saturated heterocycles. The van der Waals surface area contributed by atoms with Crippen molar-refractivity contribution in [3.63, 3.8) is 0 Å². The highest BCUT2D eigenvalue weighted by Crippen LogP contribution is 2.38. The van der Waals surface area contributed by atoms with Crippen molar-refractivity contribution >= 4 is 34.2 Å². The van der Waals surface area contributed by atoms with Crippen LogP contribution in [0.4, 0.5) is 5.69 Å². The van der Waals surface area contributed by atoms with Crippen LogP contribution in [-0.4, -0.2) is 53.6 Å². The number of carbonyl (C=O) groups excluding carboxylic acids is 1. The molecule has 3 N–H and O–H groups in total. The molecule has 0 saturated carbocycles. The molecule has 212 valence electrons. The number of rotatable bonds is 4. The van der Waals surface area contributed by atoms with Gasteiger partial charge in [0.1, 0.15) is 5.75 Å². The lowest BCUT2D eigenvalue weighted by Gasteiger charge is -2.30. The number of benzene rings is 2. The number of aliphatic hydroxyl groups is 1. The SMILES string of the molecule is CCCc1cc(Cl)ccc1C1COc2ccc3cc2N(CCC(CC)C(O)/C=C/CNC(C)C(=O)NS3=O)C1. The zero-order chi connectivity index (χ0) is 27.9. The summed E-state index contributed by atoms with van der Waals surface area (Å²) in [6, 6.07) is 11.0. The van der Waals surface area contributed by atoms with Crippen molar-refractivity contribution in [2.24, 2.45) is 5.92 Å². The van der Waals surface area contributed by atoms with Gasteiger partial charge in [0.2, 0.25) is 5.91 Å². The number of ether oxygens (including phenoxy) is 1. The van der Waals surface area contributed by atoms with Gasteiger partial charge in [-0.1, -0.05) is 56.5 Å². The van der Waals surface area contributed by atoms with Crippen LogP contribution in [0.2, 0.25) is 5.02 Å². The monoisotopic (exact) mass is 573 g/mol. The third kappa shape index (κ3) is 7.42. The third-order valence-corrected chi connectivity index (χ3v) is 8.97. The summed E-state index contributed by atoms with van der Waals surface area (Å²) in [4.78, 5) is 15.5. The van der Waals surface area contributed by atoms with Crippen molar-refractivity contribution in [1.82, 2.24) is 10.0 Å². The molecule has 2 heterocycles. The maximum absolute atomic E-state index is 13.1. The van der Waals surface area contributed by atoms with Gasteiger partial charge in [-0.25, -0.2) is 4.21 Å². The zero-order valence-corrected chi connectivity index (χ0v) is 24.6. The van der Waals surface area contributed by atoms with Crippen molar-refractivity contribution in [1.29, 1.82) is 0 Å². The second-order valence-electron chi connectivity index (χ2n) is 10.4. The lowest BCUT2D eigenvalue weighted by Crippen LogP contribution is -2.43. The van der Waals surface area contributed by atoms with Crippen LogP contribution in [-0.2, 0) is 22.2 Å². The van der Waals surface area contributed by atoms with Gasteiger partial charge in [0.15, 0.2) is 11.0 Å². The Bertz CT molecular complexity index is 1210. The van der Waals surface area contributed by atoms with E-state index in [9.17, 15) is 14.1 Å². The molecule has 5 atom stereocenters. The van der Waals surface area contributed by atoms with Crippen LogP contribution in [0.5, 0.6) is 5.75 Å². The van der Waals surface area contributed by atoms with Crippen LogP contribution < -0.4 is 19.7 Å². The highest BCUT2D eigenvalue weighted by Gasteiger charge is 2.28. The van der Waals surface area contributed by atoms with Gasteiger partial charge in [-0.3, -0.25) is 9.52 Å². The van der Waals surface area contributed by atoms with E-state index in [2.05, 4.69) is 40.9 Å². The summed E-state index contributed by atoms with van der Waals surface area (Å²) in [7, 11) is -1.71. The Morgan fingerprint density at radius 1 is 1.21 bits per heavy atom. The Balaban J connectivity index is 1.72. The largest absolute Gasteiger partial charge is 0.491 e. The van der Waals surface area contributed by atoms with Gasteiger partial charge in [0, 0.05) is 30.6 Å². The third-order valence-electron chi connectivity index (χ3n) is 7.67. The molecule has 1 amide bonds. The summed E-state index contributed by atoms with van der Waals surface area (Å²) in [5.74, 6) is 0.548. The minimum absolute atomic E-state index is 0.0736. The van der Waals surface area contributed by atoms with Crippen LogP contribution in [0.15, 0.2) is 53.4 Å². The lowest BCUT2D eigenvalue weighted by molar-refractivity contribution is -0.120. The highest BCUT2D eigenvalue weighted by molar-refractivity contribution is 7.83. The first kappa shape index (κ1) is 29.6. The molecule has 7 nitrogen and oxygen atoms in total. The molecule has 0 fully saturated rings. The lowest BCUT2D eigenvalue weighted by atomic mass is 9.91. The van der Waals surface area contributed by atoms with Crippen molar-refractivity contribution in [3.8, 4) is 5.75 Å². The maximum atomic E-state index is 13.1. The van der Waals surface area contributed by atoms with Crippen LogP contribution in [0.1, 0.15) is 57.1 Å². The first-order chi connectivity index (χ1) is 18.8. The number of aryl methyl sites for hydroxylation is 1. The average Bonchev–Trinajstić information content (AvgIpc) is 3.10. The fourth-order valence-electron chi connectivity index (χ4n) is 5.33. The van der Waals surface area contributed by atoms with Crippen molar-refractivity contribution in [2.45, 2.75) is 69.4 Å². The van der Waals surface area contributed by atoms with E-state index in [1.165, 1.54) is 11.1 Å². The van der Waals surface area contributed by atoms with Gasteiger partial charge in [-0.2, -0.15) is 0 Å². The van der Waals surface area contributed by atoms with Crippen molar-refractivity contribution in [3.05, 3.63) is 64.7 Å². The second-order valence-corrected chi connectivity index (χ2v) is 12.1. The predicted octanol–water partition coefficient (Wildman–Crippen LogP) is 4.74. The number of amides is 1. The first-order valence-corrected chi connectivity index (χ1v) is 15.4. The van der Waals surface area contributed by atoms with Gasteiger partial charge >= 0.3 is 0 Å². The van der Waals surface area contributed by atoms with E-state index >= 15 is 0 Å². The first-order valence-electron chi connectivity index (χ1n) is 13.9. The van der Waals surface area contributed by atoms with Crippen molar-refractivity contribution < 1.29 is 18.8 Å². The normalized spacial score (nSPS) is 27.3. The molecular weight excluding hydrogens is 534 g/mol. The molecular formula is C30H40ClN3O4S. The summed E-state index contributed by atoms with van der Waals surface area (Å²) in [6.45, 7) is 8.33. The molecule has 0 aliphatic carbocycles. The average molecular weight is 574 g/mol.